The first-order valence-corrected chi connectivity index (χ1v) is 11.8. The van der Waals surface area contributed by atoms with Crippen LogP contribution in [0, 0.1) is 0 Å². The number of ketones is 1. The molecule has 0 saturated heterocycles. The van der Waals surface area contributed by atoms with Gasteiger partial charge in [-0.1, -0.05) is 44.2 Å². The van der Waals surface area contributed by atoms with Gasteiger partial charge in [-0.2, -0.15) is 0 Å². The Morgan fingerprint density at radius 2 is 1.62 bits per heavy atom. The molecular formula is C29H31NO4. The van der Waals surface area contributed by atoms with Gasteiger partial charge in [-0.15, -0.1) is 0 Å². The lowest BCUT2D eigenvalue weighted by Crippen LogP contribution is -2.27. The lowest BCUT2D eigenvalue weighted by molar-refractivity contribution is 0.103. The molecule has 0 spiro atoms. The monoisotopic (exact) mass is 457 g/mol. The molecular weight excluding hydrogens is 426 g/mol. The van der Waals surface area contributed by atoms with E-state index in [4.69, 9.17) is 13.9 Å². The van der Waals surface area contributed by atoms with Crippen LogP contribution in [0.25, 0.3) is 11.0 Å². The lowest BCUT2D eigenvalue weighted by atomic mass is 9.97. The van der Waals surface area contributed by atoms with Gasteiger partial charge in [0, 0.05) is 23.9 Å². The van der Waals surface area contributed by atoms with Gasteiger partial charge < -0.3 is 18.8 Å². The van der Waals surface area contributed by atoms with Crippen molar-refractivity contribution in [1.82, 2.24) is 4.90 Å². The first-order valence-electron chi connectivity index (χ1n) is 11.8. The molecule has 0 saturated carbocycles. The highest BCUT2D eigenvalue weighted by molar-refractivity contribution is 6.17. The van der Waals surface area contributed by atoms with Crippen molar-refractivity contribution in [1.29, 1.82) is 0 Å². The van der Waals surface area contributed by atoms with Crippen molar-refractivity contribution in [2.45, 2.75) is 20.3 Å². The highest BCUT2D eigenvalue weighted by Crippen LogP contribution is 2.33. The fourth-order valence-electron chi connectivity index (χ4n) is 4.09. The fourth-order valence-corrected chi connectivity index (χ4v) is 4.09. The number of carbonyl (C=O) groups is 1. The minimum atomic E-state index is -0.0763. The standard InChI is InChI=1S/C29H31NO4/c1-4-30(5-2)17-18-33-23-13-11-22(12-14-23)29(31)28-25-20-24(32-3)15-16-26(25)34-27(28)19-21-9-7-6-8-10-21/h6-16,20H,4-5,17-19H2,1-3H3. The van der Waals surface area contributed by atoms with Crippen LogP contribution in [-0.2, 0) is 6.42 Å². The van der Waals surface area contributed by atoms with Crippen LogP contribution in [-0.4, -0.2) is 44.0 Å². The Morgan fingerprint density at radius 3 is 2.29 bits per heavy atom. The molecule has 5 heteroatoms. The van der Waals surface area contributed by atoms with E-state index >= 15 is 0 Å². The molecule has 0 aliphatic heterocycles. The predicted octanol–water partition coefficient (Wildman–Crippen LogP) is 5.98. The minimum absolute atomic E-state index is 0.0763. The summed E-state index contributed by atoms with van der Waals surface area (Å²) in [7, 11) is 1.62. The quantitative estimate of drug-likeness (QED) is 0.259. The van der Waals surface area contributed by atoms with Crippen LogP contribution in [0.15, 0.2) is 77.2 Å². The van der Waals surface area contributed by atoms with E-state index < -0.39 is 0 Å². The number of hydrogen-bond donors (Lipinski definition) is 0. The Bertz CT molecular complexity index is 1220. The number of nitrogens with zero attached hydrogens (tertiary/aromatic N) is 1. The first kappa shape index (κ1) is 23.6. The summed E-state index contributed by atoms with van der Waals surface area (Å²) >= 11 is 0. The Hall–Kier alpha value is -3.57. The second-order valence-corrected chi connectivity index (χ2v) is 8.15. The van der Waals surface area contributed by atoms with Crippen LogP contribution in [0.3, 0.4) is 0 Å². The maximum absolute atomic E-state index is 13.7. The third-order valence-corrected chi connectivity index (χ3v) is 6.09. The molecule has 1 heterocycles. The molecule has 0 bridgehead atoms. The summed E-state index contributed by atoms with van der Waals surface area (Å²) in [5.74, 6) is 2.02. The molecule has 4 aromatic rings. The fraction of sp³-hybridized carbons (Fsp3) is 0.276. The second kappa shape index (κ2) is 11.0. The van der Waals surface area contributed by atoms with Gasteiger partial charge in [0.05, 0.1) is 12.7 Å². The Labute approximate surface area is 200 Å². The molecule has 0 unspecified atom stereocenters. The molecule has 0 atom stereocenters. The van der Waals surface area contributed by atoms with E-state index in [1.54, 1.807) is 7.11 Å². The Kier molecular flexibility index (Phi) is 7.65. The van der Waals surface area contributed by atoms with Crippen molar-refractivity contribution < 1.29 is 18.7 Å². The average Bonchev–Trinajstić information content (AvgIpc) is 3.24. The summed E-state index contributed by atoms with van der Waals surface area (Å²) in [6.45, 7) is 7.78. The molecule has 0 amide bonds. The maximum Gasteiger partial charge on any atom is 0.197 e. The van der Waals surface area contributed by atoms with Gasteiger partial charge in [0.1, 0.15) is 29.4 Å². The van der Waals surface area contributed by atoms with Crippen molar-refractivity contribution in [3.8, 4) is 11.5 Å². The highest BCUT2D eigenvalue weighted by Gasteiger charge is 2.23. The molecule has 176 valence electrons. The number of rotatable bonds is 11. The summed E-state index contributed by atoms with van der Waals surface area (Å²) in [6, 6.07) is 22.9. The molecule has 0 aliphatic rings. The first-order chi connectivity index (χ1) is 16.6. The molecule has 0 aliphatic carbocycles. The van der Waals surface area contributed by atoms with Crippen LogP contribution in [0.2, 0.25) is 0 Å². The molecule has 1 aromatic heterocycles. The Balaban J connectivity index is 1.61. The molecule has 34 heavy (non-hydrogen) atoms. The van der Waals surface area contributed by atoms with E-state index in [2.05, 4.69) is 18.7 Å². The van der Waals surface area contributed by atoms with E-state index in [1.165, 1.54) is 0 Å². The smallest absolute Gasteiger partial charge is 0.197 e. The van der Waals surface area contributed by atoms with Crippen LogP contribution in [0.4, 0.5) is 0 Å². The van der Waals surface area contributed by atoms with Crippen molar-refractivity contribution in [3.63, 3.8) is 0 Å². The SMILES string of the molecule is CCN(CC)CCOc1ccc(C(=O)c2c(Cc3ccccc3)oc3ccc(OC)cc23)cc1. The second-order valence-electron chi connectivity index (χ2n) is 8.15. The molecule has 0 N–H and O–H groups in total. The normalized spacial score (nSPS) is 11.2. The topological polar surface area (TPSA) is 51.9 Å². The van der Waals surface area contributed by atoms with E-state index in [-0.39, 0.29) is 5.78 Å². The van der Waals surface area contributed by atoms with E-state index in [9.17, 15) is 4.79 Å². The lowest BCUT2D eigenvalue weighted by Gasteiger charge is -2.18. The molecule has 0 radical (unpaired) electrons. The van der Waals surface area contributed by atoms with E-state index in [1.807, 2.05) is 72.8 Å². The van der Waals surface area contributed by atoms with E-state index in [0.717, 1.165) is 36.3 Å². The van der Waals surface area contributed by atoms with Crippen LogP contribution < -0.4 is 9.47 Å². The number of carbonyl (C=O) groups excluding carboxylic acids is 1. The van der Waals surface area contributed by atoms with Gasteiger partial charge in [-0.05, 0) is 61.1 Å². The number of fused-ring (bicyclic) bond motifs is 1. The zero-order valence-corrected chi connectivity index (χ0v) is 20.0. The molecule has 3 aromatic carbocycles. The average molecular weight is 458 g/mol. The maximum atomic E-state index is 13.7. The van der Waals surface area contributed by atoms with Crippen LogP contribution in [0.5, 0.6) is 11.5 Å². The third-order valence-electron chi connectivity index (χ3n) is 6.09. The number of benzene rings is 3. The van der Waals surface area contributed by atoms with Crippen LogP contribution in [0.1, 0.15) is 41.1 Å². The van der Waals surface area contributed by atoms with Gasteiger partial charge in [-0.3, -0.25) is 4.79 Å². The Morgan fingerprint density at radius 1 is 0.912 bits per heavy atom. The highest BCUT2D eigenvalue weighted by atomic mass is 16.5. The summed E-state index contributed by atoms with van der Waals surface area (Å²) in [5.41, 5.74) is 2.93. The minimum Gasteiger partial charge on any atom is -0.497 e. The summed E-state index contributed by atoms with van der Waals surface area (Å²) in [6.07, 6.45) is 0.533. The van der Waals surface area contributed by atoms with Gasteiger partial charge in [-0.25, -0.2) is 0 Å². The zero-order chi connectivity index (χ0) is 23.9. The van der Waals surface area contributed by atoms with Crippen LogP contribution >= 0.6 is 0 Å². The molecule has 0 fully saturated rings. The van der Waals surface area contributed by atoms with Gasteiger partial charge in [0.15, 0.2) is 5.78 Å². The van der Waals surface area contributed by atoms with Crippen molar-refractivity contribution in [2.75, 3.05) is 33.4 Å². The van der Waals surface area contributed by atoms with E-state index in [0.29, 0.717) is 41.2 Å². The number of methoxy groups -OCH3 is 1. The number of hydrogen-bond acceptors (Lipinski definition) is 5. The van der Waals surface area contributed by atoms with Crippen molar-refractivity contribution >= 4 is 16.8 Å². The summed E-state index contributed by atoms with van der Waals surface area (Å²) < 4.78 is 17.4. The van der Waals surface area contributed by atoms with Gasteiger partial charge in [0.25, 0.3) is 0 Å². The summed E-state index contributed by atoms with van der Waals surface area (Å²) in [4.78, 5) is 16.0. The number of ether oxygens (including phenoxy) is 2. The largest absolute Gasteiger partial charge is 0.497 e. The molecule has 4 rings (SSSR count). The number of furan rings is 1. The summed E-state index contributed by atoms with van der Waals surface area (Å²) in [5, 5.41) is 0.759. The van der Waals surface area contributed by atoms with Gasteiger partial charge in [0.2, 0.25) is 0 Å². The third kappa shape index (κ3) is 5.32. The van der Waals surface area contributed by atoms with Crippen molar-refractivity contribution in [2.24, 2.45) is 0 Å². The van der Waals surface area contributed by atoms with Gasteiger partial charge >= 0.3 is 0 Å². The predicted molar refractivity (Wildman–Crippen MR) is 135 cm³/mol. The number of likely N-dealkylation sites (N-methyl/N-ethyl adjacent to an activating group) is 1. The molecule has 5 nitrogen and oxygen atoms in total. The van der Waals surface area contributed by atoms with Crippen molar-refractivity contribution in [3.05, 3.63) is 95.2 Å². The zero-order valence-electron chi connectivity index (χ0n) is 20.0.